The first-order valence-electron chi connectivity index (χ1n) is 6.40. The summed E-state index contributed by atoms with van der Waals surface area (Å²) >= 11 is 5.18. The van der Waals surface area contributed by atoms with Gasteiger partial charge in [-0.2, -0.15) is 0 Å². The second-order valence-corrected chi connectivity index (χ2v) is 6.82. The minimum absolute atomic E-state index is 0.704. The van der Waals surface area contributed by atoms with Gasteiger partial charge in [-0.15, -0.1) is 11.3 Å². The second kappa shape index (κ2) is 7.01. The van der Waals surface area contributed by atoms with Gasteiger partial charge in [0.1, 0.15) is 18.0 Å². The number of hydrazine groups is 1. The zero-order chi connectivity index (χ0) is 14.5. The van der Waals surface area contributed by atoms with Gasteiger partial charge in [-0.3, -0.25) is 0 Å². The van der Waals surface area contributed by atoms with Gasteiger partial charge in [0, 0.05) is 19.2 Å². The van der Waals surface area contributed by atoms with Crippen molar-refractivity contribution in [3.8, 4) is 0 Å². The van der Waals surface area contributed by atoms with E-state index < -0.39 is 0 Å². The fraction of sp³-hybridized carbons (Fsp3) is 0.385. The smallest absolute Gasteiger partial charge is 0.148 e. The number of nitrogens with two attached hydrogens (primary N) is 1. The highest BCUT2D eigenvalue weighted by molar-refractivity contribution is 9.11. The van der Waals surface area contributed by atoms with Gasteiger partial charge in [-0.05, 0) is 39.4 Å². The molecule has 0 aliphatic carbocycles. The van der Waals surface area contributed by atoms with E-state index in [0.717, 1.165) is 34.6 Å². The summed E-state index contributed by atoms with van der Waals surface area (Å²) in [7, 11) is 2.04. The monoisotopic (exact) mass is 355 g/mol. The van der Waals surface area contributed by atoms with Crippen molar-refractivity contribution in [2.75, 3.05) is 17.4 Å². The summed E-state index contributed by atoms with van der Waals surface area (Å²) in [5, 5.41) is 2.14. The van der Waals surface area contributed by atoms with Crippen molar-refractivity contribution < 1.29 is 0 Å². The highest BCUT2D eigenvalue weighted by atomic mass is 79.9. The molecular weight excluding hydrogens is 338 g/mol. The Kier molecular flexibility index (Phi) is 5.33. The molecule has 0 bridgehead atoms. The van der Waals surface area contributed by atoms with Crippen molar-refractivity contribution in [3.05, 3.63) is 32.7 Å². The number of hydrogen-bond donors (Lipinski definition) is 2. The van der Waals surface area contributed by atoms with Crippen LogP contribution in [0.5, 0.6) is 0 Å². The van der Waals surface area contributed by atoms with Crippen LogP contribution < -0.4 is 16.2 Å². The molecule has 0 amide bonds. The zero-order valence-electron chi connectivity index (χ0n) is 11.6. The minimum Gasteiger partial charge on any atom is -0.355 e. The Morgan fingerprint density at radius 1 is 1.45 bits per heavy atom. The average molecular weight is 356 g/mol. The predicted molar refractivity (Wildman–Crippen MR) is 88.0 cm³/mol. The number of aromatic nitrogens is 2. The fourth-order valence-electron chi connectivity index (χ4n) is 2.11. The maximum atomic E-state index is 5.54. The Balaban J connectivity index is 2.26. The third-order valence-electron chi connectivity index (χ3n) is 2.96. The Bertz CT molecular complexity index is 572. The Morgan fingerprint density at radius 2 is 2.25 bits per heavy atom. The van der Waals surface area contributed by atoms with Crippen molar-refractivity contribution in [3.63, 3.8) is 0 Å². The molecule has 2 aromatic heterocycles. The topological polar surface area (TPSA) is 67.1 Å². The van der Waals surface area contributed by atoms with Crippen LogP contribution in [0.2, 0.25) is 0 Å². The Morgan fingerprint density at radius 3 is 2.85 bits per heavy atom. The molecule has 0 spiro atoms. The van der Waals surface area contributed by atoms with Gasteiger partial charge in [0.25, 0.3) is 0 Å². The maximum absolute atomic E-state index is 5.54. The third-order valence-corrected chi connectivity index (χ3v) is 4.52. The van der Waals surface area contributed by atoms with Crippen molar-refractivity contribution in [2.45, 2.75) is 26.3 Å². The average Bonchev–Trinajstić information content (AvgIpc) is 2.84. The predicted octanol–water partition coefficient (Wildman–Crippen LogP) is 3.18. The highest BCUT2D eigenvalue weighted by Gasteiger charge is 2.14. The molecule has 0 saturated carbocycles. The standard InChI is InChI=1S/C13H18BrN5S/c1-3-4-10-12(18-15)16-8-17-13(10)19(2)6-9-5-11(14)20-7-9/h5,7-8H,3-4,6,15H2,1-2H3,(H,16,17,18). The van der Waals surface area contributed by atoms with E-state index in [2.05, 4.69) is 54.6 Å². The van der Waals surface area contributed by atoms with Gasteiger partial charge in [0.15, 0.2) is 0 Å². The second-order valence-electron chi connectivity index (χ2n) is 4.53. The van der Waals surface area contributed by atoms with Crippen molar-refractivity contribution in [1.29, 1.82) is 0 Å². The first kappa shape index (κ1) is 15.2. The molecule has 0 unspecified atom stereocenters. The van der Waals surface area contributed by atoms with E-state index in [1.807, 2.05) is 7.05 Å². The molecule has 0 fully saturated rings. The van der Waals surface area contributed by atoms with Crippen LogP contribution in [0.3, 0.4) is 0 Å². The minimum atomic E-state index is 0.704. The first-order valence-corrected chi connectivity index (χ1v) is 8.07. The lowest BCUT2D eigenvalue weighted by Gasteiger charge is -2.21. The molecule has 2 rings (SSSR count). The van der Waals surface area contributed by atoms with Gasteiger partial charge in [0.2, 0.25) is 0 Å². The van der Waals surface area contributed by atoms with Gasteiger partial charge >= 0.3 is 0 Å². The summed E-state index contributed by atoms with van der Waals surface area (Å²) in [5.74, 6) is 7.17. The van der Waals surface area contributed by atoms with E-state index in [9.17, 15) is 0 Å². The molecule has 0 aliphatic rings. The largest absolute Gasteiger partial charge is 0.355 e. The Hall–Kier alpha value is -1.18. The summed E-state index contributed by atoms with van der Waals surface area (Å²) < 4.78 is 1.14. The van der Waals surface area contributed by atoms with E-state index in [1.54, 1.807) is 17.7 Å². The van der Waals surface area contributed by atoms with Crippen LogP contribution in [-0.4, -0.2) is 17.0 Å². The number of nitrogen functional groups attached to an aromatic ring is 1. The van der Waals surface area contributed by atoms with Crippen LogP contribution in [0.1, 0.15) is 24.5 Å². The van der Waals surface area contributed by atoms with Crippen LogP contribution in [0, 0.1) is 0 Å². The third kappa shape index (κ3) is 3.47. The van der Waals surface area contributed by atoms with E-state index >= 15 is 0 Å². The summed E-state index contributed by atoms with van der Waals surface area (Å²) in [4.78, 5) is 10.7. The molecule has 3 N–H and O–H groups in total. The van der Waals surface area contributed by atoms with Crippen LogP contribution in [0.4, 0.5) is 11.6 Å². The van der Waals surface area contributed by atoms with Crippen molar-refractivity contribution in [1.82, 2.24) is 9.97 Å². The maximum Gasteiger partial charge on any atom is 0.148 e. The van der Waals surface area contributed by atoms with Crippen LogP contribution in [0.15, 0.2) is 21.6 Å². The lowest BCUT2D eigenvalue weighted by molar-refractivity contribution is 0.844. The number of anilines is 2. The zero-order valence-corrected chi connectivity index (χ0v) is 14.0. The molecule has 108 valence electrons. The molecule has 20 heavy (non-hydrogen) atoms. The van der Waals surface area contributed by atoms with Gasteiger partial charge < -0.3 is 10.3 Å². The Labute approximate surface area is 131 Å². The quantitative estimate of drug-likeness (QED) is 0.615. The van der Waals surface area contributed by atoms with Gasteiger partial charge in [-0.25, -0.2) is 15.8 Å². The number of halogens is 1. The molecule has 0 aliphatic heterocycles. The lowest BCUT2D eigenvalue weighted by Crippen LogP contribution is -2.21. The summed E-state index contributed by atoms with van der Waals surface area (Å²) in [5.41, 5.74) is 4.98. The van der Waals surface area contributed by atoms with Crippen LogP contribution >= 0.6 is 27.3 Å². The lowest BCUT2D eigenvalue weighted by atomic mass is 10.1. The van der Waals surface area contributed by atoms with E-state index in [4.69, 9.17) is 5.84 Å². The van der Waals surface area contributed by atoms with Gasteiger partial charge in [-0.1, -0.05) is 13.3 Å². The fourth-order valence-corrected chi connectivity index (χ4v) is 3.31. The summed E-state index contributed by atoms with van der Waals surface area (Å²) in [6, 6.07) is 2.13. The molecule has 2 heterocycles. The van der Waals surface area contributed by atoms with E-state index in [0.29, 0.717) is 5.82 Å². The molecular formula is C13H18BrN5S. The van der Waals surface area contributed by atoms with E-state index in [-0.39, 0.29) is 0 Å². The normalized spacial score (nSPS) is 10.6. The number of nitrogens with one attached hydrogen (secondary N) is 1. The molecule has 7 heteroatoms. The molecule has 0 radical (unpaired) electrons. The molecule has 0 atom stereocenters. The molecule has 5 nitrogen and oxygen atoms in total. The number of hydrogen-bond acceptors (Lipinski definition) is 6. The van der Waals surface area contributed by atoms with Crippen molar-refractivity contribution in [2.24, 2.45) is 5.84 Å². The summed E-state index contributed by atoms with van der Waals surface area (Å²) in [6.45, 7) is 2.94. The number of rotatable bonds is 6. The van der Waals surface area contributed by atoms with Gasteiger partial charge in [0.05, 0.1) is 3.79 Å². The van der Waals surface area contributed by atoms with Crippen LogP contribution in [-0.2, 0) is 13.0 Å². The molecule has 2 aromatic rings. The highest BCUT2D eigenvalue weighted by Crippen LogP contribution is 2.27. The molecule has 0 aromatic carbocycles. The summed E-state index contributed by atoms with van der Waals surface area (Å²) in [6.07, 6.45) is 3.46. The first-order chi connectivity index (χ1) is 9.65. The number of nitrogens with zero attached hydrogens (tertiary/aromatic N) is 3. The SMILES string of the molecule is CCCc1c(NN)ncnc1N(C)Cc1csc(Br)c1. The van der Waals surface area contributed by atoms with E-state index in [1.165, 1.54) is 5.56 Å². The van der Waals surface area contributed by atoms with Crippen molar-refractivity contribution >= 4 is 38.9 Å². The molecule has 0 saturated heterocycles. The number of thiophene rings is 1. The van der Waals surface area contributed by atoms with Crippen LogP contribution in [0.25, 0.3) is 0 Å².